The summed E-state index contributed by atoms with van der Waals surface area (Å²) in [6.07, 6.45) is 3.60. The van der Waals surface area contributed by atoms with Gasteiger partial charge in [-0.05, 0) is 12.8 Å². The van der Waals surface area contributed by atoms with Crippen LogP contribution in [0.2, 0.25) is 0 Å². The highest BCUT2D eigenvalue weighted by atomic mass is 16.5. The maximum Gasteiger partial charge on any atom is 0.329 e. The molecule has 4 nitrogen and oxygen atoms in total. The second-order valence-electron chi connectivity index (χ2n) is 4.59. The van der Waals surface area contributed by atoms with Crippen LogP contribution in [0, 0.1) is 0 Å². The molecule has 0 spiro atoms. The van der Waals surface area contributed by atoms with Gasteiger partial charge >= 0.3 is 5.97 Å². The van der Waals surface area contributed by atoms with E-state index in [9.17, 15) is 4.79 Å². The molecule has 0 saturated heterocycles. The predicted octanol–water partition coefficient (Wildman–Crippen LogP) is 1.72. The molecular weight excluding hydrogens is 228 g/mol. The molecule has 0 atom stereocenters. The van der Waals surface area contributed by atoms with Crippen LogP contribution in [0.25, 0.3) is 0 Å². The number of carbonyl (C=O) groups excluding carboxylic acids is 1. The first kappa shape index (κ1) is 25.9. The Morgan fingerprint density at radius 3 is 1.67 bits per heavy atom. The Balaban J connectivity index is -0.0000000823. The van der Waals surface area contributed by atoms with E-state index in [1.165, 1.54) is 26.5 Å². The number of hydrogen-bond donors (Lipinski definition) is 1. The Kier molecular flexibility index (Phi) is 26.6. The van der Waals surface area contributed by atoms with Crippen LogP contribution in [-0.4, -0.2) is 51.8 Å². The molecule has 3 N–H and O–H groups in total. The third-order valence-corrected chi connectivity index (χ3v) is 1.62. The van der Waals surface area contributed by atoms with Gasteiger partial charge in [-0.2, -0.15) is 0 Å². The molecule has 0 aromatic heterocycles. The average molecular weight is 264 g/mol. The number of methoxy groups -OCH3 is 1. The van der Waals surface area contributed by atoms with Gasteiger partial charge in [0, 0.05) is 6.08 Å². The summed E-state index contributed by atoms with van der Waals surface area (Å²) >= 11 is 0. The van der Waals surface area contributed by atoms with Gasteiger partial charge in [0.05, 0.1) is 41.3 Å². The summed E-state index contributed by atoms with van der Waals surface area (Å²) in [4.78, 5) is 9.84. The van der Waals surface area contributed by atoms with Gasteiger partial charge in [0.15, 0.2) is 0 Å². The largest absolute Gasteiger partial charge is 0.466 e. The fraction of sp³-hybridized carbons (Fsp3) is 0.786. The van der Waals surface area contributed by atoms with Gasteiger partial charge in [0.2, 0.25) is 0 Å². The second kappa shape index (κ2) is 18.5. The van der Waals surface area contributed by atoms with Crippen LogP contribution in [0.1, 0.15) is 34.1 Å². The normalized spacial score (nSPS) is 8.61. The van der Waals surface area contributed by atoms with Crippen molar-refractivity contribution in [3.05, 3.63) is 12.7 Å². The van der Waals surface area contributed by atoms with Gasteiger partial charge in [0.1, 0.15) is 0 Å². The molecule has 0 aliphatic carbocycles. The van der Waals surface area contributed by atoms with Crippen molar-refractivity contribution in [2.24, 2.45) is 0 Å². The van der Waals surface area contributed by atoms with Crippen LogP contribution < -0.4 is 5.73 Å². The molecule has 0 radical (unpaired) electrons. The fourth-order valence-corrected chi connectivity index (χ4v) is 0.754. The molecule has 0 fully saturated rings. The molecule has 0 aromatic carbocycles. The van der Waals surface area contributed by atoms with Gasteiger partial charge in [0.25, 0.3) is 0 Å². The third kappa shape index (κ3) is 45.7. The number of quaternary nitrogens is 2. The van der Waals surface area contributed by atoms with Gasteiger partial charge in [-0.25, -0.2) is 4.79 Å². The Morgan fingerprint density at radius 1 is 1.28 bits per heavy atom. The lowest BCUT2D eigenvalue weighted by Crippen LogP contribution is -2.49. The van der Waals surface area contributed by atoms with Gasteiger partial charge in [-0.15, -0.1) is 0 Å². The van der Waals surface area contributed by atoms with Gasteiger partial charge in [-0.3, -0.25) is 0 Å². The van der Waals surface area contributed by atoms with Crippen molar-refractivity contribution in [2.75, 3.05) is 41.3 Å². The topological polar surface area (TPSA) is 53.9 Å². The van der Waals surface area contributed by atoms with Crippen molar-refractivity contribution in [2.45, 2.75) is 34.1 Å². The van der Waals surface area contributed by atoms with Crippen LogP contribution in [-0.2, 0) is 9.53 Å². The minimum absolute atomic E-state index is 0. The van der Waals surface area contributed by atoms with E-state index in [1.807, 2.05) is 0 Å². The van der Waals surface area contributed by atoms with E-state index in [-0.39, 0.29) is 7.43 Å². The molecule has 4 heteroatoms. The number of nitrogens with zero attached hydrogens (tertiary/aromatic N) is 1. The maximum atomic E-state index is 9.84. The highest BCUT2D eigenvalue weighted by Gasteiger charge is 2.01. The van der Waals surface area contributed by atoms with Crippen LogP contribution in [0.3, 0.4) is 0 Å². The molecule has 0 aliphatic heterocycles. The third-order valence-electron chi connectivity index (χ3n) is 1.62. The molecule has 0 aromatic rings. The van der Waals surface area contributed by atoms with E-state index in [1.54, 1.807) is 0 Å². The number of esters is 1. The van der Waals surface area contributed by atoms with Crippen molar-refractivity contribution >= 4 is 5.97 Å². The summed E-state index contributed by atoms with van der Waals surface area (Å²) in [6.45, 7) is 9.83. The molecule has 0 amide bonds. The Bertz CT molecular complexity index is 173. The number of hydrogen-bond acceptors (Lipinski definition) is 2. The lowest BCUT2D eigenvalue weighted by molar-refractivity contribution is -0.870. The monoisotopic (exact) mass is 264 g/mol. The molecule has 0 aliphatic rings. The second-order valence-corrected chi connectivity index (χ2v) is 4.59. The molecule has 0 saturated carbocycles. The van der Waals surface area contributed by atoms with Crippen LogP contribution in [0.15, 0.2) is 12.7 Å². The van der Waals surface area contributed by atoms with Gasteiger partial charge in [-0.1, -0.05) is 27.9 Å². The number of ether oxygens (including phenoxy) is 1. The average Bonchev–Trinajstić information content (AvgIpc) is 2.27. The minimum atomic E-state index is -0.394. The van der Waals surface area contributed by atoms with E-state index < -0.39 is 5.97 Å². The lowest BCUT2D eigenvalue weighted by Gasteiger charge is -2.22. The Labute approximate surface area is 114 Å². The first-order valence-corrected chi connectivity index (χ1v) is 6.09. The molecule has 0 bridgehead atoms. The number of rotatable bonds is 4. The first-order chi connectivity index (χ1) is 7.78. The summed E-state index contributed by atoms with van der Waals surface area (Å²) in [7, 11) is 7.94. The summed E-state index contributed by atoms with van der Waals surface area (Å²) in [5, 5.41) is 0. The van der Waals surface area contributed by atoms with E-state index in [2.05, 4.69) is 52.0 Å². The van der Waals surface area contributed by atoms with Gasteiger partial charge < -0.3 is 15.0 Å². The first-order valence-electron chi connectivity index (χ1n) is 6.09. The molecular formula is C14H36N2O2+2. The summed E-state index contributed by atoms with van der Waals surface area (Å²) in [5.74, 6) is -0.394. The highest BCUT2D eigenvalue weighted by molar-refractivity contribution is 5.80. The SMILES string of the molecule is C.C=CC(=O)OC.CCC[N+](C)(C)C.CCC[NH3+]. The smallest absolute Gasteiger partial charge is 0.329 e. The Morgan fingerprint density at radius 2 is 1.67 bits per heavy atom. The number of carbonyl (C=O) groups is 1. The fourth-order valence-electron chi connectivity index (χ4n) is 0.754. The quantitative estimate of drug-likeness (QED) is 0.477. The van der Waals surface area contributed by atoms with Crippen molar-refractivity contribution in [1.29, 1.82) is 0 Å². The zero-order valence-electron chi connectivity index (χ0n) is 12.6. The standard InChI is InChI=1S/C6H16N.C4H6O2.C3H9N.CH4/c1-5-6-7(2,3)4;1-3-4(5)6-2;1-2-3-4;/h5-6H2,1-4H3;3H,1H2,2H3;2-4H2,1H3;1H4/q+1;;;/p+1. The zero-order chi connectivity index (χ0) is 14.3. The van der Waals surface area contributed by atoms with Crippen LogP contribution in [0.5, 0.6) is 0 Å². The minimum Gasteiger partial charge on any atom is -0.466 e. The van der Waals surface area contributed by atoms with Crippen molar-refractivity contribution in [1.82, 2.24) is 0 Å². The maximum absolute atomic E-state index is 9.84. The molecule has 112 valence electrons. The molecule has 0 rings (SSSR count). The van der Waals surface area contributed by atoms with E-state index in [0.717, 1.165) is 17.1 Å². The van der Waals surface area contributed by atoms with E-state index in [4.69, 9.17) is 0 Å². The van der Waals surface area contributed by atoms with Crippen molar-refractivity contribution in [3.63, 3.8) is 0 Å². The predicted molar refractivity (Wildman–Crippen MR) is 80.2 cm³/mol. The summed E-state index contributed by atoms with van der Waals surface area (Å²) < 4.78 is 5.24. The Hall–Kier alpha value is -0.870. The lowest BCUT2D eigenvalue weighted by atomic mass is 10.4. The van der Waals surface area contributed by atoms with Crippen LogP contribution in [0.4, 0.5) is 0 Å². The molecule has 0 unspecified atom stereocenters. The van der Waals surface area contributed by atoms with Crippen molar-refractivity contribution < 1.29 is 19.7 Å². The van der Waals surface area contributed by atoms with E-state index in [0.29, 0.717) is 0 Å². The van der Waals surface area contributed by atoms with Crippen molar-refractivity contribution in [3.8, 4) is 0 Å². The molecule has 0 heterocycles. The summed E-state index contributed by atoms with van der Waals surface area (Å²) in [5.41, 5.74) is 3.60. The van der Waals surface area contributed by atoms with E-state index >= 15 is 0 Å². The van der Waals surface area contributed by atoms with Crippen LogP contribution >= 0.6 is 0 Å². The zero-order valence-corrected chi connectivity index (χ0v) is 12.6. The highest BCUT2D eigenvalue weighted by Crippen LogP contribution is 1.90. The summed E-state index contributed by atoms with van der Waals surface area (Å²) in [6, 6.07) is 0. The molecule has 18 heavy (non-hydrogen) atoms.